The minimum absolute atomic E-state index is 0.0191. The maximum absolute atomic E-state index is 11.5. The lowest BCUT2D eigenvalue weighted by molar-refractivity contribution is -0.123. The molecule has 0 aliphatic carbocycles. The highest BCUT2D eigenvalue weighted by Gasteiger charge is 2.40. The molecule has 0 N–H and O–H groups in total. The number of methoxy groups -OCH3 is 1. The largest absolute Gasteiger partial charge is 0.496 e. The van der Waals surface area contributed by atoms with Crippen LogP contribution in [-0.2, 0) is 11.2 Å². The van der Waals surface area contributed by atoms with E-state index in [-0.39, 0.29) is 11.5 Å². The highest BCUT2D eigenvalue weighted by molar-refractivity contribution is 5.50. The van der Waals surface area contributed by atoms with E-state index in [1.165, 1.54) is 5.57 Å². The Balaban J connectivity index is 2.35. The third kappa shape index (κ3) is 2.97. The highest BCUT2D eigenvalue weighted by Crippen LogP contribution is 2.41. The molecule has 0 aromatic heterocycles. The van der Waals surface area contributed by atoms with E-state index in [0.717, 1.165) is 37.1 Å². The van der Waals surface area contributed by atoms with Crippen molar-refractivity contribution in [2.75, 3.05) is 13.7 Å². The normalized spacial score (nSPS) is 23.1. The molecular formula is C18H25NO2. The number of hydrogen-bond acceptors (Lipinski definition) is 2. The van der Waals surface area contributed by atoms with Crippen molar-refractivity contribution in [3.05, 3.63) is 41.5 Å². The molecule has 0 radical (unpaired) electrons. The molecule has 1 aliphatic rings. The second kappa shape index (κ2) is 6.33. The number of para-hydroxylation sites is 1. The smallest absolute Gasteiger partial charge is 0.210 e. The number of likely N-dealkylation sites (tertiary alicyclic amines) is 1. The standard InChI is InChI=1S/C18H25NO2/c1-5-15-10-11-19(13-20)17(18(15,2)3)12-14-8-6-7-9-16(14)21-4/h5-9,13,17H,10-12H2,1-4H3/b15-5+. The van der Waals surface area contributed by atoms with Crippen molar-refractivity contribution < 1.29 is 9.53 Å². The lowest BCUT2D eigenvalue weighted by Crippen LogP contribution is -2.51. The molecule has 0 bridgehead atoms. The maximum atomic E-state index is 11.5. The zero-order valence-corrected chi connectivity index (χ0v) is 13.4. The van der Waals surface area contributed by atoms with Crippen molar-refractivity contribution in [3.63, 3.8) is 0 Å². The number of carbonyl (C=O) groups is 1. The van der Waals surface area contributed by atoms with E-state index >= 15 is 0 Å². The molecule has 1 heterocycles. The third-order valence-corrected chi connectivity index (χ3v) is 4.79. The Hall–Kier alpha value is -1.77. The van der Waals surface area contributed by atoms with Gasteiger partial charge < -0.3 is 9.64 Å². The van der Waals surface area contributed by atoms with Crippen molar-refractivity contribution in [2.24, 2.45) is 5.41 Å². The van der Waals surface area contributed by atoms with E-state index in [2.05, 4.69) is 32.9 Å². The van der Waals surface area contributed by atoms with Crippen molar-refractivity contribution in [1.82, 2.24) is 4.90 Å². The SMILES string of the molecule is C/C=C1\CCN(C=O)C(Cc2ccccc2OC)C1(C)C. The number of amides is 1. The Bertz CT molecular complexity index is 534. The molecule has 1 amide bonds. The Morgan fingerprint density at radius 3 is 2.71 bits per heavy atom. The zero-order valence-electron chi connectivity index (χ0n) is 13.4. The second-order valence-corrected chi connectivity index (χ2v) is 6.16. The van der Waals surface area contributed by atoms with E-state index in [4.69, 9.17) is 4.74 Å². The summed E-state index contributed by atoms with van der Waals surface area (Å²) in [6.07, 6.45) is 4.98. The summed E-state index contributed by atoms with van der Waals surface area (Å²) in [5.74, 6) is 0.895. The lowest BCUT2D eigenvalue weighted by atomic mass is 9.70. The first-order chi connectivity index (χ1) is 10.0. The number of hydrogen-bond donors (Lipinski definition) is 0. The molecule has 1 aromatic rings. The summed E-state index contributed by atoms with van der Waals surface area (Å²) in [5, 5.41) is 0. The third-order valence-electron chi connectivity index (χ3n) is 4.79. The first-order valence-electron chi connectivity index (χ1n) is 7.53. The summed E-state index contributed by atoms with van der Waals surface area (Å²) < 4.78 is 5.46. The summed E-state index contributed by atoms with van der Waals surface area (Å²) in [5.41, 5.74) is 2.57. The van der Waals surface area contributed by atoms with Gasteiger partial charge in [-0.05, 0) is 31.4 Å². The molecule has 1 saturated heterocycles. The van der Waals surface area contributed by atoms with Gasteiger partial charge >= 0.3 is 0 Å². The predicted octanol–water partition coefficient (Wildman–Crippen LogP) is 3.44. The molecule has 21 heavy (non-hydrogen) atoms. The molecule has 1 fully saturated rings. The predicted molar refractivity (Wildman–Crippen MR) is 85.4 cm³/mol. The highest BCUT2D eigenvalue weighted by atomic mass is 16.5. The number of benzene rings is 1. The number of allylic oxidation sites excluding steroid dienone is 1. The number of nitrogens with zero attached hydrogens (tertiary/aromatic N) is 1. The molecule has 1 aliphatic heterocycles. The number of carbonyl (C=O) groups excluding carboxylic acids is 1. The quantitative estimate of drug-likeness (QED) is 0.627. The van der Waals surface area contributed by atoms with Crippen LogP contribution in [0.3, 0.4) is 0 Å². The average Bonchev–Trinajstić information content (AvgIpc) is 2.49. The van der Waals surface area contributed by atoms with Crippen LogP contribution in [0.1, 0.15) is 32.8 Å². The van der Waals surface area contributed by atoms with E-state index in [9.17, 15) is 4.79 Å². The Labute approximate surface area is 127 Å². The topological polar surface area (TPSA) is 29.5 Å². The van der Waals surface area contributed by atoms with Gasteiger partial charge in [0.2, 0.25) is 6.41 Å². The molecule has 114 valence electrons. The van der Waals surface area contributed by atoms with Gasteiger partial charge in [0.25, 0.3) is 0 Å². The van der Waals surface area contributed by atoms with Crippen molar-refractivity contribution in [3.8, 4) is 5.75 Å². The average molecular weight is 287 g/mol. The van der Waals surface area contributed by atoms with Crippen LogP contribution in [0.15, 0.2) is 35.9 Å². The molecule has 3 heteroatoms. The fraction of sp³-hybridized carbons (Fsp3) is 0.500. The molecule has 0 spiro atoms. The van der Waals surface area contributed by atoms with E-state index in [1.807, 2.05) is 23.1 Å². The van der Waals surface area contributed by atoms with Crippen LogP contribution in [0, 0.1) is 5.41 Å². The zero-order chi connectivity index (χ0) is 15.5. The number of ether oxygens (including phenoxy) is 1. The summed E-state index contributed by atoms with van der Waals surface area (Å²) >= 11 is 0. The minimum atomic E-state index is -0.0191. The van der Waals surface area contributed by atoms with Crippen LogP contribution in [0.25, 0.3) is 0 Å². The van der Waals surface area contributed by atoms with Crippen molar-refractivity contribution in [2.45, 2.75) is 39.7 Å². The van der Waals surface area contributed by atoms with Crippen molar-refractivity contribution >= 4 is 6.41 Å². The number of rotatable bonds is 4. The van der Waals surface area contributed by atoms with E-state index in [1.54, 1.807) is 7.11 Å². The fourth-order valence-corrected chi connectivity index (χ4v) is 3.45. The Kier molecular flexibility index (Phi) is 4.71. The first-order valence-corrected chi connectivity index (χ1v) is 7.53. The molecule has 0 saturated carbocycles. The van der Waals surface area contributed by atoms with Crippen LogP contribution in [0.4, 0.5) is 0 Å². The van der Waals surface area contributed by atoms with E-state index < -0.39 is 0 Å². The summed E-state index contributed by atoms with van der Waals surface area (Å²) in [6.45, 7) is 7.36. The fourth-order valence-electron chi connectivity index (χ4n) is 3.45. The van der Waals surface area contributed by atoms with Crippen LogP contribution >= 0.6 is 0 Å². The summed E-state index contributed by atoms with van der Waals surface area (Å²) in [7, 11) is 1.69. The summed E-state index contributed by atoms with van der Waals surface area (Å²) in [4.78, 5) is 13.4. The Morgan fingerprint density at radius 2 is 2.10 bits per heavy atom. The molecule has 1 aromatic carbocycles. The van der Waals surface area contributed by atoms with Crippen LogP contribution in [-0.4, -0.2) is 31.0 Å². The molecule has 1 atom stereocenters. The van der Waals surface area contributed by atoms with Gasteiger partial charge in [0.05, 0.1) is 7.11 Å². The van der Waals surface area contributed by atoms with Crippen LogP contribution in [0.2, 0.25) is 0 Å². The molecule has 2 rings (SSSR count). The van der Waals surface area contributed by atoms with Gasteiger partial charge in [0.1, 0.15) is 5.75 Å². The van der Waals surface area contributed by atoms with E-state index in [0.29, 0.717) is 0 Å². The van der Waals surface area contributed by atoms with Crippen LogP contribution < -0.4 is 4.74 Å². The summed E-state index contributed by atoms with van der Waals surface area (Å²) in [6, 6.07) is 8.22. The van der Waals surface area contributed by atoms with Gasteiger partial charge in [-0.2, -0.15) is 0 Å². The van der Waals surface area contributed by atoms with Gasteiger partial charge in [-0.1, -0.05) is 43.7 Å². The lowest BCUT2D eigenvalue weighted by Gasteiger charge is -2.47. The monoisotopic (exact) mass is 287 g/mol. The van der Waals surface area contributed by atoms with Gasteiger partial charge in [-0.3, -0.25) is 4.79 Å². The molecular weight excluding hydrogens is 262 g/mol. The minimum Gasteiger partial charge on any atom is -0.496 e. The number of piperidine rings is 1. The second-order valence-electron chi connectivity index (χ2n) is 6.16. The van der Waals surface area contributed by atoms with Gasteiger partial charge in [0.15, 0.2) is 0 Å². The molecule has 3 nitrogen and oxygen atoms in total. The Morgan fingerprint density at radius 1 is 1.38 bits per heavy atom. The van der Waals surface area contributed by atoms with Gasteiger partial charge in [0, 0.05) is 18.0 Å². The molecule has 1 unspecified atom stereocenters. The first kappa shape index (κ1) is 15.6. The van der Waals surface area contributed by atoms with Gasteiger partial charge in [-0.15, -0.1) is 0 Å². The maximum Gasteiger partial charge on any atom is 0.210 e. The van der Waals surface area contributed by atoms with Gasteiger partial charge in [-0.25, -0.2) is 0 Å². The van der Waals surface area contributed by atoms with Crippen molar-refractivity contribution in [1.29, 1.82) is 0 Å². The van der Waals surface area contributed by atoms with Crippen LogP contribution in [0.5, 0.6) is 5.75 Å².